The maximum atomic E-state index is 13.3. The number of rotatable bonds is 8. The van der Waals surface area contributed by atoms with E-state index in [-0.39, 0.29) is 23.7 Å². The van der Waals surface area contributed by atoms with Gasteiger partial charge in [0, 0.05) is 24.2 Å². The number of hydrogen-bond acceptors (Lipinski definition) is 3. The van der Waals surface area contributed by atoms with Crippen molar-refractivity contribution in [1.82, 2.24) is 5.32 Å². The van der Waals surface area contributed by atoms with Crippen LogP contribution in [0.15, 0.2) is 54.6 Å². The predicted molar refractivity (Wildman–Crippen MR) is 110 cm³/mol. The lowest BCUT2D eigenvalue weighted by Crippen LogP contribution is -2.45. The van der Waals surface area contributed by atoms with E-state index in [1.165, 1.54) is 12.1 Å². The molecule has 0 aliphatic heterocycles. The number of nitrogens with zero attached hydrogens (tertiary/aromatic N) is 1. The zero-order valence-corrected chi connectivity index (χ0v) is 16.4. The number of nitrogens with one attached hydrogen (secondary N) is 1. The Morgan fingerprint density at radius 3 is 2.39 bits per heavy atom. The summed E-state index contributed by atoms with van der Waals surface area (Å²) >= 11 is 0. The minimum atomic E-state index is -0.534. The third-order valence-corrected chi connectivity index (χ3v) is 5.58. The molecular formula is C23H29FN2O2. The second-order valence-electron chi connectivity index (χ2n) is 7.84. The highest BCUT2D eigenvalue weighted by Gasteiger charge is 2.36. The molecule has 0 bridgehead atoms. The third kappa shape index (κ3) is 5.10. The van der Waals surface area contributed by atoms with E-state index < -0.39 is 6.10 Å². The van der Waals surface area contributed by atoms with Crippen molar-refractivity contribution < 1.29 is 14.3 Å². The first-order chi connectivity index (χ1) is 13.5. The van der Waals surface area contributed by atoms with Gasteiger partial charge >= 0.3 is 0 Å². The molecule has 3 rings (SSSR count). The van der Waals surface area contributed by atoms with E-state index in [9.17, 15) is 14.3 Å². The molecule has 1 aliphatic carbocycles. The Morgan fingerprint density at radius 1 is 1.14 bits per heavy atom. The lowest BCUT2D eigenvalue weighted by Gasteiger charge is -2.31. The minimum Gasteiger partial charge on any atom is -0.392 e. The Bertz CT molecular complexity index is 756. The lowest BCUT2D eigenvalue weighted by atomic mass is 9.79. The van der Waals surface area contributed by atoms with E-state index in [0.717, 1.165) is 36.9 Å². The molecule has 2 N–H and O–H groups in total. The Labute approximate surface area is 166 Å². The van der Waals surface area contributed by atoms with Crippen molar-refractivity contribution in [3.8, 4) is 0 Å². The van der Waals surface area contributed by atoms with Crippen molar-refractivity contribution in [3.63, 3.8) is 0 Å². The van der Waals surface area contributed by atoms with Crippen LogP contribution in [0.25, 0.3) is 0 Å². The van der Waals surface area contributed by atoms with Crippen molar-refractivity contribution in [3.05, 3.63) is 66.0 Å². The number of anilines is 1. The highest BCUT2D eigenvalue weighted by molar-refractivity contribution is 5.81. The standard InChI is InChI=1S/C23H29FN2O2/c1-18(27)15-26(21-7-3-2-4-8-21)16-22(28)25-17-23(13-5-6-14-23)19-9-11-20(24)12-10-19/h2-4,7-12,18,27H,5-6,13-17H2,1H3,(H,25,28). The summed E-state index contributed by atoms with van der Waals surface area (Å²) in [5.74, 6) is -0.310. The van der Waals surface area contributed by atoms with Crippen LogP contribution < -0.4 is 10.2 Å². The summed E-state index contributed by atoms with van der Waals surface area (Å²) in [5.41, 5.74) is 1.88. The summed E-state index contributed by atoms with van der Waals surface area (Å²) < 4.78 is 13.3. The van der Waals surface area contributed by atoms with Crippen LogP contribution in [-0.2, 0) is 10.2 Å². The van der Waals surface area contributed by atoms with Gasteiger partial charge in [0.05, 0.1) is 12.6 Å². The fraction of sp³-hybridized carbons (Fsp3) is 0.435. The molecule has 2 aromatic rings. The van der Waals surface area contributed by atoms with Crippen LogP contribution in [0.3, 0.4) is 0 Å². The fourth-order valence-electron chi connectivity index (χ4n) is 4.14. The molecule has 1 amide bonds. The first-order valence-electron chi connectivity index (χ1n) is 9.99. The van der Waals surface area contributed by atoms with Gasteiger partial charge in [-0.1, -0.05) is 43.2 Å². The zero-order chi connectivity index (χ0) is 20.0. The largest absolute Gasteiger partial charge is 0.392 e. The first kappa shape index (κ1) is 20.3. The molecule has 28 heavy (non-hydrogen) atoms. The van der Waals surface area contributed by atoms with Crippen LogP contribution in [0.4, 0.5) is 10.1 Å². The number of amides is 1. The number of benzene rings is 2. The van der Waals surface area contributed by atoms with Crippen molar-refractivity contribution in [2.24, 2.45) is 0 Å². The number of carbonyl (C=O) groups excluding carboxylic acids is 1. The van der Waals surface area contributed by atoms with Crippen molar-refractivity contribution >= 4 is 11.6 Å². The Balaban J connectivity index is 1.66. The van der Waals surface area contributed by atoms with Crippen LogP contribution in [0.5, 0.6) is 0 Å². The molecule has 4 nitrogen and oxygen atoms in total. The second-order valence-corrected chi connectivity index (χ2v) is 7.84. The Hall–Kier alpha value is -2.40. The monoisotopic (exact) mass is 384 g/mol. The molecule has 150 valence electrons. The van der Waals surface area contributed by atoms with Crippen LogP contribution >= 0.6 is 0 Å². The predicted octanol–water partition coefficient (Wildman–Crippen LogP) is 3.64. The number of carbonyl (C=O) groups is 1. The van der Waals surface area contributed by atoms with Gasteiger partial charge in [0.1, 0.15) is 5.82 Å². The van der Waals surface area contributed by atoms with Gasteiger partial charge < -0.3 is 15.3 Å². The maximum absolute atomic E-state index is 13.3. The Kier molecular flexibility index (Phi) is 6.68. The molecule has 2 aromatic carbocycles. The molecular weight excluding hydrogens is 355 g/mol. The lowest BCUT2D eigenvalue weighted by molar-refractivity contribution is -0.120. The molecule has 0 radical (unpaired) electrons. The molecule has 5 heteroatoms. The van der Waals surface area contributed by atoms with Gasteiger partial charge in [-0.3, -0.25) is 4.79 Å². The highest BCUT2D eigenvalue weighted by Crippen LogP contribution is 2.40. The molecule has 0 heterocycles. The van der Waals surface area contributed by atoms with Gasteiger partial charge in [-0.15, -0.1) is 0 Å². The smallest absolute Gasteiger partial charge is 0.239 e. The van der Waals surface area contributed by atoms with Gasteiger partial charge in [0.2, 0.25) is 5.91 Å². The summed E-state index contributed by atoms with van der Waals surface area (Å²) in [4.78, 5) is 14.6. The minimum absolute atomic E-state index is 0.0714. The van der Waals surface area contributed by atoms with E-state index in [1.807, 2.05) is 47.4 Å². The molecule has 1 unspecified atom stereocenters. The number of aliphatic hydroxyl groups excluding tert-OH is 1. The van der Waals surface area contributed by atoms with Crippen molar-refractivity contribution in [1.29, 1.82) is 0 Å². The average Bonchev–Trinajstić information content (AvgIpc) is 3.17. The molecule has 0 spiro atoms. The number of hydrogen-bond donors (Lipinski definition) is 2. The van der Waals surface area contributed by atoms with Gasteiger partial charge in [0.25, 0.3) is 0 Å². The summed E-state index contributed by atoms with van der Waals surface area (Å²) in [5, 5.41) is 12.9. The maximum Gasteiger partial charge on any atom is 0.239 e. The van der Waals surface area contributed by atoms with Crippen LogP contribution in [0.1, 0.15) is 38.2 Å². The van der Waals surface area contributed by atoms with Gasteiger partial charge in [-0.2, -0.15) is 0 Å². The first-order valence-corrected chi connectivity index (χ1v) is 9.99. The molecule has 1 fully saturated rings. The Morgan fingerprint density at radius 2 is 1.79 bits per heavy atom. The van der Waals surface area contributed by atoms with E-state index in [0.29, 0.717) is 13.1 Å². The highest BCUT2D eigenvalue weighted by atomic mass is 19.1. The molecule has 0 aromatic heterocycles. The molecule has 0 saturated heterocycles. The summed E-state index contributed by atoms with van der Waals surface area (Å²) in [6.45, 7) is 2.85. The van der Waals surface area contributed by atoms with Gasteiger partial charge in [-0.05, 0) is 49.6 Å². The average molecular weight is 384 g/mol. The second kappa shape index (κ2) is 9.20. The molecule has 1 saturated carbocycles. The zero-order valence-electron chi connectivity index (χ0n) is 16.4. The number of para-hydroxylation sites is 1. The normalized spacial score (nSPS) is 16.5. The fourth-order valence-corrected chi connectivity index (χ4v) is 4.14. The molecule has 1 atom stereocenters. The van der Waals surface area contributed by atoms with Crippen molar-refractivity contribution in [2.45, 2.75) is 44.1 Å². The van der Waals surface area contributed by atoms with E-state index >= 15 is 0 Å². The SMILES string of the molecule is CC(O)CN(CC(=O)NCC1(c2ccc(F)cc2)CCCC1)c1ccccc1. The van der Waals surface area contributed by atoms with E-state index in [2.05, 4.69) is 5.32 Å². The van der Waals surface area contributed by atoms with Crippen molar-refractivity contribution in [2.75, 3.05) is 24.5 Å². The summed E-state index contributed by atoms with van der Waals surface area (Å²) in [6.07, 6.45) is 3.69. The summed E-state index contributed by atoms with van der Waals surface area (Å²) in [7, 11) is 0. The number of halogens is 1. The van der Waals surface area contributed by atoms with Crippen LogP contribution in [-0.4, -0.2) is 36.8 Å². The number of aliphatic hydroxyl groups is 1. The third-order valence-electron chi connectivity index (χ3n) is 5.58. The van der Waals surface area contributed by atoms with E-state index in [4.69, 9.17) is 0 Å². The van der Waals surface area contributed by atoms with Crippen LogP contribution in [0, 0.1) is 5.82 Å². The quantitative estimate of drug-likeness (QED) is 0.731. The topological polar surface area (TPSA) is 52.6 Å². The van der Waals surface area contributed by atoms with Gasteiger partial charge in [-0.25, -0.2) is 4.39 Å². The van der Waals surface area contributed by atoms with Crippen LogP contribution in [0.2, 0.25) is 0 Å². The van der Waals surface area contributed by atoms with E-state index in [1.54, 1.807) is 6.92 Å². The van der Waals surface area contributed by atoms with Gasteiger partial charge in [0.15, 0.2) is 0 Å². The molecule has 1 aliphatic rings. The summed E-state index contributed by atoms with van der Waals surface area (Å²) in [6, 6.07) is 16.3.